The molecule has 1 aromatic carbocycles. The zero-order chi connectivity index (χ0) is 15.4. The summed E-state index contributed by atoms with van der Waals surface area (Å²) in [4.78, 5) is 12.2. The van der Waals surface area contributed by atoms with Gasteiger partial charge in [0, 0.05) is 11.6 Å². The number of carbonyl (C=O) groups is 1. The lowest BCUT2D eigenvalue weighted by Gasteiger charge is -2.30. The first kappa shape index (κ1) is 16.0. The Bertz CT molecular complexity index is 539. The maximum Gasteiger partial charge on any atom is 0.272 e. The molecule has 1 aliphatic rings. The number of amides is 1. The number of hydrogen-bond acceptors (Lipinski definition) is 2. The van der Waals surface area contributed by atoms with Gasteiger partial charge in [-0.1, -0.05) is 44.5 Å². The van der Waals surface area contributed by atoms with E-state index in [1.165, 1.54) is 6.42 Å². The molecule has 0 spiro atoms. The number of carbonyl (C=O) groups excluding carboxylic acids is 1. The van der Waals surface area contributed by atoms with Crippen molar-refractivity contribution in [3.05, 3.63) is 34.9 Å². The largest absolute Gasteiger partial charge is 0.272 e. The Kier molecular flexibility index (Phi) is 5.40. The van der Waals surface area contributed by atoms with E-state index < -0.39 is 0 Å². The molecule has 0 bridgehead atoms. The molecule has 0 saturated heterocycles. The molecule has 0 unspecified atom stereocenters. The molecular weight excluding hydrogens is 284 g/mol. The van der Waals surface area contributed by atoms with Crippen LogP contribution < -0.4 is 5.43 Å². The summed E-state index contributed by atoms with van der Waals surface area (Å²) in [7, 11) is 0. The summed E-state index contributed by atoms with van der Waals surface area (Å²) in [5, 5.41) is 4.86. The van der Waals surface area contributed by atoms with Crippen molar-refractivity contribution < 1.29 is 4.79 Å². The van der Waals surface area contributed by atoms with Crippen LogP contribution in [0.4, 0.5) is 0 Å². The van der Waals surface area contributed by atoms with Gasteiger partial charge in [0.25, 0.3) is 5.91 Å². The van der Waals surface area contributed by atoms with Crippen molar-refractivity contribution in [3.8, 4) is 0 Å². The van der Waals surface area contributed by atoms with Gasteiger partial charge in [0.1, 0.15) is 0 Å². The minimum Gasteiger partial charge on any atom is -0.267 e. The van der Waals surface area contributed by atoms with E-state index in [0.29, 0.717) is 28.3 Å². The molecule has 1 aromatic rings. The fourth-order valence-electron chi connectivity index (χ4n) is 2.92. The summed E-state index contributed by atoms with van der Waals surface area (Å²) >= 11 is 6.03. The number of hydrazone groups is 1. The van der Waals surface area contributed by atoms with Gasteiger partial charge in [-0.05, 0) is 43.2 Å². The molecule has 1 fully saturated rings. The number of nitrogens with one attached hydrogen (secondary N) is 1. The minimum absolute atomic E-state index is 0.242. The quantitative estimate of drug-likeness (QED) is 0.820. The van der Waals surface area contributed by atoms with Gasteiger partial charge in [0.05, 0.1) is 10.6 Å². The van der Waals surface area contributed by atoms with E-state index in [2.05, 4.69) is 31.3 Å². The van der Waals surface area contributed by atoms with E-state index in [1.807, 2.05) is 6.07 Å². The molecule has 1 N–H and O–H groups in total. The van der Waals surface area contributed by atoms with Gasteiger partial charge in [-0.25, -0.2) is 5.43 Å². The fraction of sp³-hybridized carbons (Fsp3) is 0.529. The van der Waals surface area contributed by atoms with Crippen molar-refractivity contribution in [3.63, 3.8) is 0 Å². The van der Waals surface area contributed by atoms with Crippen LogP contribution in [0.15, 0.2) is 29.4 Å². The smallest absolute Gasteiger partial charge is 0.267 e. The highest BCUT2D eigenvalue weighted by Gasteiger charge is 2.27. The topological polar surface area (TPSA) is 41.5 Å². The van der Waals surface area contributed by atoms with Crippen molar-refractivity contribution >= 4 is 23.2 Å². The van der Waals surface area contributed by atoms with Crippen molar-refractivity contribution in [1.82, 2.24) is 5.43 Å². The molecule has 2 rings (SSSR count). The van der Waals surface area contributed by atoms with E-state index in [0.717, 1.165) is 18.6 Å². The van der Waals surface area contributed by atoms with Crippen LogP contribution in [0.25, 0.3) is 0 Å². The molecule has 4 heteroatoms. The Hall–Kier alpha value is -1.35. The molecule has 1 saturated carbocycles. The number of halogens is 1. The van der Waals surface area contributed by atoms with Crippen LogP contribution in [0.5, 0.6) is 0 Å². The van der Waals surface area contributed by atoms with Crippen molar-refractivity contribution in [1.29, 1.82) is 0 Å². The number of benzene rings is 1. The Labute approximate surface area is 131 Å². The second-order valence-electron chi connectivity index (χ2n) is 6.26. The van der Waals surface area contributed by atoms with Gasteiger partial charge in [-0.15, -0.1) is 0 Å². The first-order valence-corrected chi connectivity index (χ1v) is 7.98. The summed E-state index contributed by atoms with van der Waals surface area (Å²) in [5.74, 6) is 1.41. The third kappa shape index (κ3) is 4.07. The summed E-state index contributed by atoms with van der Waals surface area (Å²) in [6.45, 7) is 6.67. The third-order valence-electron chi connectivity index (χ3n) is 4.18. The molecule has 0 radical (unpaired) electrons. The van der Waals surface area contributed by atoms with E-state index in [9.17, 15) is 4.79 Å². The lowest BCUT2D eigenvalue weighted by atomic mass is 9.76. The van der Waals surface area contributed by atoms with Gasteiger partial charge in [0.15, 0.2) is 0 Å². The zero-order valence-corrected chi connectivity index (χ0v) is 13.7. The average Bonchev–Trinajstić information content (AvgIpc) is 2.45. The maximum atomic E-state index is 12.2. The highest BCUT2D eigenvalue weighted by molar-refractivity contribution is 6.33. The zero-order valence-electron chi connectivity index (χ0n) is 12.9. The molecule has 2 atom stereocenters. The van der Waals surface area contributed by atoms with Crippen molar-refractivity contribution in [2.45, 2.75) is 40.0 Å². The van der Waals surface area contributed by atoms with Crippen LogP contribution in [0, 0.1) is 17.8 Å². The van der Waals surface area contributed by atoms with Gasteiger partial charge in [-0.3, -0.25) is 4.79 Å². The van der Waals surface area contributed by atoms with Crippen LogP contribution >= 0.6 is 11.6 Å². The second-order valence-corrected chi connectivity index (χ2v) is 6.67. The Morgan fingerprint density at radius 3 is 2.71 bits per heavy atom. The third-order valence-corrected chi connectivity index (χ3v) is 4.51. The van der Waals surface area contributed by atoms with Crippen LogP contribution in [0.2, 0.25) is 5.02 Å². The van der Waals surface area contributed by atoms with E-state index in [1.54, 1.807) is 18.2 Å². The van der Waals surface area contributed by atoms with Gasteiger partial charge >= 0.3 is 0 Å². The van der Waals surface area contributed by atoms with Gasteiger partial charge in [-0.2, -0.15) is 5.10 Å². The average molecular weight is 307 g/mol. The highest BCUT2D eigenvalue weighted by Crippen LogP contribution is 2.31. The molecule has 114 valence electrons. The number of hydrogen-bond donors (Lipinski definition) is 1. The molecule has 0 aliphatic heterocycles. The maximum absolute atomic E-state index is 12.2. The normalized spacial score (nSPS) is 24.3. The van der Waals surface area contributed by atoms with Crippen LogP contribution in [0.1, 0.15) is 50.4 Å². The molecule has 1 aliphatic carbocycles. The molecule has 3 nitrogen and oxygen atoms in total. The SMILES string of the molecule is CC(C)[C@@H]1CC[C@H](C)C/C1=N/NC(=O)c1ccccc1Cl. The van der Waals surface area contributed by atoms with Gasteiger partial charge in [0.2, 0.25) is 0 Å². The van der Waals surface area contributed by atoms with Crippen LogP contribution in [0.3, 0.4) is 0 Å². The molecule has 0 heterocycles. The van der Waals surface area contributed by atoms with Crippen LogP contribution in [-0.4, -0.2) is 11.6 Å². The second kappa shape index (κ2) is 7.08. The first-order valence-electron chi connectivity index (χ1n) is 7.60. The first-order chi connectivity index (χ1) is 9.99. The number of rotatable bonds is 3. The fourth-order valence-corrected chi connectivity index (χ4v) is 3.14. The predicted molar refractivity (Wildman–Crippen MR) is 87.7 cm³/mol. The standard InChI is InChI=1S/C17H23ClN2O/c1-11(2)13-9-8-12(3)10-16(13)19-20-17(21)14-6-4-5-7-15(14)18/h4-7,11-13H,8-10H2,1-3H3,(H,20,21)/b19-16-/t12-,13-/m0/s1. The highest BCUT2D eigenvalue weighted by atomic mass is 35.5. The molecule has 21 heavy (non-hydrogen) atoms. The van der Waals surface area contributed by atoms with E-state index >= 15 is 0 Å². The predicted octanol–water partition coefficient (Wildman–Crippen LogP) is 4.52. The monoisotopic (exact) mass is 306 g/mol. The molecular formula is C17H23ClN2O. The van der Waals surface area contributed by atoms with Gasteiger partial charge < -0.3 is 0 Å². The number of nitrogens with zero attached hydrogens (tertiary/aromatic N) is 1. The summed E-state index contributed by atoms with van der Waals surface area (Å²) in [6.07, 6.45) is 3.35. The van der Waals surface area contributed by atoms with E-state index in [4.69, 9.17) is 11.6 Å². The Morgan fingerprint density at radius 1 is 1.33 bits per heavy atom. The molecule has 0 aromatic heterocycles. The summed E-state index contributed by atoms with van der Waals surface area (Å²) in [5.41, 5.74) is 4.26. The lowest BCUT2D eigenvalue weighted by molar-refractivity contribution is 0.0954. The minimum atomic E-state index is -0.242. The van der Waals surface area contributed by atoms with Crippen molar-refractivity contribution in [2.24, 2.45) is 22.9 Å². The Morgan fingerprint density at radius 2 is 2.05 bits per heavy atom. The van der Waals surface area contributed by atoms with Crippen molar-refractivity contribution in [2.75, 3.05) is 0 Å². The summed E-state index contributed by atoms with van der Waals surface area (Å²) < 4.78 is 0. The summed E-state index contributed by atoms with van der Waals surface area (Å²) in [6, 6.07) is 7.03. The lowest BCUT2D eigenvalue weighted by Crippen LogP contribution is -2.31. The molecule has 1 amide bonds. The van der Waals surface area contributed by atoms with E-state index in [-0.39, 0.29) is 5.91 Å². The Balaban J connectivity index is 2.11. The van der Waals surface area contributed by atoms with Crippen LogP contribution in [-0.2, 0) is 0 Å².